The third-order valence-electron chi connectivity index (χ3n) is 4.07. The van der Waals surface area contributed by atoms with Gasteiger partial charge in [-0.1, -0.05) is 42.3 Å². The van der Waals surface area contributed by atoms with Crippen LogP contribution in [0.15, 0.2) is 28.8 Å². The quantitative estimate of drug-likeness (QED) is 0.925. The molecule has 1 saturated carbocycles. The highest BCUT2D eigenvalue weighted by atomic mass is 19.4. The molecule has 5 nitrogen and oxygen atoms in total. The van der Waals surface area contributed by atoms with Crippen molar-refractivity contribution in [3.63, 3.8) is 0 Å². The average Bonchev–Trinajstić information content (AvgIpc) is 3.23. The first-order chi connectivity index (χ1) is 11.4. The molecule has 0 spiro atoms. The second-order valence-corrected chi connectivity index (χ2v) is 5.82. The zero-order valence-electron chi connectivity index (χ0n) is 12.8. The second kappa shape index (κ2) is 6.62. The van der Waals surface area contributed by atoms with Crippen molar-refractivity contribution < 1.29 is 22.5 Å². The van der Waals surface area contributed by atoms with E-state index in [9.17, 15) is 18.0 Å². The van der Waals surface area contributed by atoms with Gasteiger partial charge >= 0.3 is 12.1 Å². The SMILES string of the molecule is O=C(NCc1ccc(-c2noc(C(F)(F)F)n2)cc1)C1CCCC1. The summed E-state index contributed by atoms with van der Waals surface area (Å²) in [5.41, 5.74) is 1.27. The fraction of sp³-hybridized carbons (Fsp3) is 0.438. The first-order valence-corrected chi connectivity index (χ1v) is 7.71. The minimum absolute atomic E-state index is 0.0598. The van der Waals surface area contributed by atoms with Gasteiger partial charge in [0, 0.05) is 18.0 Å². The van der Waals surface area contributed by atoms with E-state index in [1.165, 1.54) is 0 Å². The first kappa shape index (κ1) is 16.5. The third-order valence-corrected chi connectivity index (χ3v) is 4.07. The number of halogens is 3. The van der Waals surface area contributed by atoms with Gasteiger partial charge in [-0.25, -0.2) is 0 Å². The lowest BCUT2D eigenvalue weighted by Gasteiger charge is -2.10. The Labute approximate surface area is 136 Å². The molecular weight excluding hydrogens is 323 g/mol. The van der Waals surface area contributed by atoms with Crippen molar-refractivity contribution in [3.8, 4) is 11.4 Å². The van der Waals surface area contributed by atoms with Crippen LogP contribution in [0.25, 0.3) is 11.4 Å². The molecule has 24 heavy (non-hydrogen) atoms. The third kappa shape index (κ3) is 3.74. The minimum atomic E-state index is -4.66. The maximum absolute atomic E-state index is 12.4. The van der Waals surface area contributed by atoms with Crippen LogP contribution in [0.3, 0.4) is 0 Å². The number of nitrogens with one attached hydrogen (secondary N) is 1. The number of alkyl halides is 3. The van der Waals surface area contributed by atoms with Gasteiger partial charge in [0.1, 0.15) is 0 Å². The molecule has 2 aromatic rings. The molecule has 1 fully saturated rings. The summed E-state index contributed by atoms with van der Waals surface area (Å²) in [5.74, 6) is -1.33. The van der Waals surface area contributed by atoms with Gasteiger partial charge in [0.2, 0.25) is 11.7 Å². The Morgan fingerprint density at radius 2 is 1.88 bits per heavy atom. The van der Waals surface area contributed by atoms with E-state index in [2.05, 4.69) is 20.0 Å². The lowest BCUT2D eigenvalue weighted by molar-refractivity contribution is -0.159. The number of carbonyl (C=O) groups excluding carboxylic acids is 1. The molecule has 1 amide bonds. The van der Waals surface area contributed by atoms with Crippen molar-refractivity contribution in [2.75, 3.05) is 0 Å². The van der Waals surface area contributed by atoms with E-state index in [1.54, 1.807) is 24.3 Å². The number of rotatable bonds is 4. The van der Waals surface area contributed by atoms with E-state index in [-0.39, 0.29) is 17.6 Å². The highest BCUT2D eigenvalue weighted by molar-refractivity contribution is 5.78. The summed E-state index contributed by atoms with van der Waals surface area (Å²) in [6, 6.07) is 6.63. The van der Waals surface area contributed by atoms with Gasteiger partial charge in [-0.2, -0.15) is 18.2 Å². The standard InChI is InChI=1S/C16H16F3N3O2/c17-16(18,19)15-21-13(22-24-15)11-7-5-10(6-8-11)9-20-14(23)12-3-1-2-4-12/h5-8,12H,1-4,9H2,(H,20,23). The largest absolute Gasteiger partial charge is 0.471 e. The number of hydrogen-bond donors (Lipinski definition) is 1. The molecule has 0 saturated heterocycles. The van der Waals surface area contributed by atoms with E-state index in [0.717, 1.165) is 31.2 Å². The molecule has 1 aliphatic carbocycles. The molecule has 1 aromatic heterocycles. The van der Waals surface area contributed by atoms with Crippen LogP contribution in [-0.2, 0) is 17.5 Å². The van der Waals surface area contributed by atoms with Crippen molar-refractivity contribution in [2.45, 2.75) is 38.4 Å². The van der Waals surface area contributed by atoms with Crippen LogP contribution in [0, 0.1) is 5.92 Å². The Balaban J connectivity index is 1.61. The summed E-state index contributed by atoms with van der Waals surface area (Å²) in [6.07, 6.45) is -0.598. The fourth-order valence-electron chi connectivity index (χ4n) is 2.75. The smallest absolute Gasteiger partial charge is 0.352 e. The summed E-state index contributed by atoms with van der Waals surface area (Å²) in [6.45, 7) is 0.385. The molecule has 0 bridgehead atoms. The van der Waals surface area contributed by atoms with Crippen LogP contribution >= 0.6 is 0 Å². The predicted octanol–water partition coefficient (Wildman–Crippen LogP) is 3.56. The molecule has 1 heterocycles. The Kier molecular flexibility index (Phi) is 4.55. The topological polar surface area (TPSA) is 68.0 Å². The van der Waals surface area contributed by atoms with Crippen LogP contribution in [0.4, 0.5) is 13.2 Å². The van der Waals surface area contributed by atoms with Gasteiger partial charge in [0.05, 0.1) is 0 Å². The number of aromatic nitrogens is 2. The van der Waals surface area contributed by atoms with Crippen molar-refractivity contribution in [1.29, 1.82) is 0 Å². The Morgan fingerprint density at radius 3 is 2.46 bits per heavy atom. The molecule has 0 aliphatic heterocycles. The molecular formula is C16H16F3N3O2. The molecule has 0 unspecified atom stereocenters. The van der Waals surface area contributed by atoms with Crippen molar-refractivity contribution in [3.05, 3.63) is 35.7 Å². The van der Waals surface area contributed by atoms with E-state index < -0.39 is 12.1 Å². The molecule has 1 aliphatic rings. The van der Waals surface area contributed by atoms with Crippen molar-refractivity contribution >= 4 is 5.91 Å². The lowest BCUT2D eigenvalue weighted by Crippen LogP contribution is -2.28. The van der Waals surface area contributed by atoms with Crippen LogP contribution in [0.1, 0.15) is 37.1 Å². The van der Waals surface area contributed by atoms with E-state index in [0.29, 0.717) is 12.1 Å². The van der Waals surface area contributed by atoms with Gasteiger partial charge < -0.3 is 9.84 Å². The second-order valence-electron chi connectivity index (χ2n) is 5.82. The van der Waals surface area contributed by atoms with E-state index >= 15 is 0 Å². The molecule has 0 atom stereocenters. The highest BCUT2D eigenvalue weighted by Gasteiger charge is 2.38. The zero-order chi connectivity index (χ0) is 17.2. The van der Waals surface area contributed by atoms with Gasteiger partial charge in [-0.3, -0.25) is 4.79 Å². The van der Waals surface area contributed by atoms with Crippen LogP contribution < -0.4 is 5.32 Å². The molecule has 1 N–H and O–H groups in total. The minimum Gasteiger partial charge on any atom is -0.352 e. The normalized spacial score (nSPS) is 15.6. The summed E-state index contributed by atoms with van der Waals surface area (Å²) in [4.78, 5) is 15.3. The maximum Gasteiger partial charge on any atom is 0.471 e. The highest BCUT2D eigenvalue weighted by Crippen LogP contribution is 2.29. The van der Waals surface area contributed by atoms with Crippen LogP contribution in [0.2, 0.25) is 0 Å². The van der Waals surface area contributed by atoms with Gasteiger partial charge in [0.25, 0.3) is 0 Å². The average molecular weight is 339 g/mol. The fourth-order valence-corrected chi connectivity index (χ4v) is 2.75. The number of amides is 1. The summed E-state index contributed by atoms with van der Waals surface area (Å²) >= 11 is 0. The van der Waals surface area contributed by atoms with Crippen molar-refractivity contribution in [1.82, 2.24) is 15.5 Å². The molecule has 1 aromatic carbocycles. The van der Waals surface area contributed by atoms with Gasteiger partial charge in [0.15, 0.2) is 0 Å². The first-order valence-electron chi connectivity index (χ1n) is 7.71. The molecule has 8 heteroatoms. The Morgan fingerprint density at radius 1 is 1.21 bits per heavy atom. The molecule has 128 valence electrons. The lowest BCUT2D eigenvalue weighted by atomic mass is 10.1. The number of benzene rings is 1. The Hall–Kier alpha value is -2.38. The zero-order valence-corrected chi connectivity index (χ0v) is 12.8. The number of carbonyl (C=O) groups is 1. The van der Waals surface area contributed by atoms with Crippen molar-refractivity contribution in [2.24, 2.45) is 5.92 Å². The predicted molar refractivity (Wildman–Crippen MR) is 78.5 cm³/mol. The molecule has 3 rings (SSSR count). The van der Waals surface area contributed by atoms with Crippen LogP contribution in [0.5, 0.6) is 0 Å². The number of hydrogen-bond acceptors (Lipinski definition) is 4. The van der Waals surface area contributed by atoms with E-state index in [1.807, 2.05) is 0 Å². The van der Waals surface area contributed by atoms with Gasteiger partial charge in [-0.15, -0.1) is 0 Å². The summed E-state index contributed by atoms with van der Waals surface area (Å²) < 4.78 is 41.6. The monoisotopic (exact) mass is 339 g/mol. The maximum atomic E-state index is 12.4. The van der Waals surface area contributed by atoms with Gasteiger partial charge in [-0.05, 0) is 18.4 Å². The molecule has 0 radical (unpaired) electrons. The summed E-state index contributed by atoms with van der Waals surface area (Å²) in [7, 11) is 0. The number of nitrogens with zero attached hydrogens (tertiary/aromatic N) is 2. The summed E-state index contributed by atoms with van der Waals surface area (Å²) in [5, 5.41) is 6.22. The van der Waals surface area contributed by atoms with Crippen LogP contribution in [-0.4, -0.2) is 16.0 Å². The Bertz CT molecular complexity index is 704. The van der Waals surface area contributed by atoms with E-state index in [4.69, 9.17) is 0 Å².